The second-order valence-electron chi connectivity index (χ2n) is 3.91. The van der Waals surface area contributed by atoms with Gasteiger partial charge < -0.3 is 10.5 Å². The monoisotopic (exact) mass is 235 g/mol. The molecule has 0 saturated carbocycles. The number of nitrogen functional groups attached to an aromatic ring is 1. The topological polar surface area (TPSA) is 51.4 Å². The molecule has 94 valence electrons. The molecule has 1 aromatic heterocycles. The van der Waals surface area contributed by atoms with Gasteiger partial charge in [-0.1, -0.05) is 6.08 Å². The van der Waals surface area contributed by atoms with Gasteiger partial charge in [-0.2, -0.15) is 0 Å². The summed E-state index contributed by atoms with van der Waals surface area (Å²) in [5.41, 5.74) is 7.36. The second kappa shape index (κ2) is 7.81. The highest BCUT2D eigenvalue weighted by atomic mass is 16.5. The van der Waals surface area contributed by atoms with Gasteiger partial charge in [-0.25, -0.2) is 0 Å². The maximum absolute atomic E-state index is 5.59. The van der Waals surface area contributed by atoms with Crippen LogP contribution in [0, 0.1) is 0 Å². The average molecular weight is 235 g/mol. The molecule has 0 aliphatic heterocycles. The number of nitrogens with zero attached hydrogens (tertiary/aromatic N) is 2. The van der Waals surface area contributed by atoms with E-state index in [0.29, 0.717) is 5.69 Å². The lowest BCUT2D eigenvalue weighted by Crippen LogP contribution is -2.29. The van der Waals surface area contributed by atoms with Crippen molar-refractivity contribution in [2.24, 2.45) is 0 Å². The molecule has 0 aliphatic rings. The highest BCUT2D eigenvalue weighted by Crippen LogP contribution is 2.03. The van der Waals surface area contributed by atoms with Gasteiger partial charge in [-0.15, -0.1) is 6.58 Å². The van der Waals surface area contributed by atoms with E-state index in [1.807, 2.05) is 18.2 Å². The van der Waals surface area contributed by atoms with E-state index in [2.05, 4.69) is 16.5 Å². The number of hydrogen-bond donors (Lipinski definition) is 1. The Hall–Kier alpha value is -1.39. The Labute approximate surface area is 103 Å². The summed E-state index contributed by atoms with van der Waals surface area (Å²) in [6, 6.07) is 3.85. The zero-order valence-electron chi connectivity index (χ0n) is 10.4. The molecule has 4 nitrogen and oxygen atoms in total. The fourth-order valence-corrected chi connectivity index (χ4v) is 1.55. The van der Waals surface area contributed by atoms with Crippen molar-refractivity contribution >= 4 is 5.69 Å². The summed E-state index contributed by atoms with van der Waals surface area (Å²) in [6.07, 6.45) is 4.52. The average Bonchev–Trinajstić information content (AvgIpc) is 2.35. The first kappa shape index (κ1) is 13.7. The Morgan fingerprint density at radius 3 is 2.88 bits per heavy atom. The van der Waals surface area contributed by atoms with Crippen LogP contribution in [0.25, 0.3) is 0 Å². The van der Waals surface area contributed by atoms with E-state index < -0.39 is 0 Å². The smallest absolute Gasteiger partial charge is 0.0589 e. The fourth-order valence-electron chi connectivity index (χ4n) is 1.55. The Kier molecular flexibility index (Phi) is 6.29. The van der Waals surface area contributed by atoms with Crippen molar-refractivity contribution in [2.45, 2.75) is 6.42 Å². The highest BCUT2D eigenvalue weighted by Gasteiger charge is 2.03. The molecule has 0 radical (unpaired) electrons. The number of aromatic nitrogens is 1. The van der Waals surface area contributed by atoms with E-state index in [4.69, 9.17) is 10.5 Å². The second-order valence-corrected chi connectivity index (χ2v) is 3.91. The van der Waals surface area contributed by atoms with E-state index >= 15 is 0 Å². The quantitative estimate of drug-likeness (QED) is 0.691. The van der Waals surface area contributed by atoms with E-state index in [1.165, 1.54) is 0 Å². The molecular formula is C13H21N3O. The molecule has 1 aromatic rings. The molecule has 1 heterocycles. The largest absolute Gasteiger partial charge is 0.397 e. The van der Waals surface area contributed by atoms with Gasteiger partial charge in [-0.3, -0.25) is 9.88 Å². The van der Waals surface area contributed by atoms with Crippen LogP contribution in [0.15, 0.2) is 31.0 Å². The minimum absolute atomic E-state index is 0.705. The lowest BCUT2D eigenvalue weighted by Gasteiger charge is -2.19. The number of pyridine rings is 1. The Balaban J connectivity index is 2.39. The molecule has 1 rings (SSSR count). The molecule has 0 aromatic carbocycles. The molecule has 4 heteroatoms. The number of anilines is 1. The summed E-state index contributed by atoms with van der Waals surface area (Å²) >= 11 is 0. The normalized spacial score (nSPS) is 10.7. The predicted octanol–water partition coefficient (Wildman–Crippen LogP) is 1.34. The van der Waals surface area contributed by atoms with E-state index in [9.17, 15) is 0 Å². The number of ether oxygens (including phenoxy) is 1. The van der Waals surface area contributed by atoms with Crippen molar-refractivity contribution in [2.75, 3.05) is 39.1 Å². The molecule has 17 heavy (non-hydrogen) atoms. The third-order valence-electron chi connectivity index (χ3n) is 2.53. The standard InChI is InChI=1S/C13H21N3O/c1-3-7-16(9-10-17-2)8-6-13-5-4-12(14)11-15-13/h3-5,11H,1,6-10,14H2,2H3. The molecule has 0 amide bonds. The maximum atomic E-state index is 5.59. The maximum Gasteiger partial charge on any atom is 0.0589 e. The lowest BCUT2D eigenvalue weighted by atomic mass is 10.2. The van der Waals surface area contributed by atoms with Crippen LogP contribution < -0.4 is 5.73 Å². The third-order valence-corrected chi connectivity index (χ3v) is 2.53. The fraction of sp³-hybridized carbons (Fsp3) is 0.462. The molecule has 2 N–H and O–H groups in total. The first-order valence-corrected chi connectivity index (χ1v) is 5.79. The molecule has 0 unspecified atom stereocenters. The number of methoxy groups -OCH3 is 1. The molecule has 0 atom stereocenters. The van der Waals surface area contributed by atoms with E-state index in [0.717, 1.165) is 38.4 Å². The van der Waals surface area contributed by atoms with Crippen molar-refractivity contribution < 1.29 is 4.74 Å². The van der Waals surface area contributed by atoms with Gasteiger partial charge in [0.1, 0.15) is 0 Å². The zero-order valence-corrected chi connectivity index (χ0v) is 10.4. The van der Waals surface area contributed by atoms with Crippen LogP contribution in [0.5, 0.6) is 0 Å². The molecule has 0 bridgehead atoms. The number of rotatable bonds is 8. The van der Waals surface area contributed by atoms with Crippen LogP contribution in [0.1, 0.15) is 5.69 Å². The van der Waals surface area contributed by atoms with Crippen molar-refractivity contribution in [1.29, 1.82) is 0 Å². The summed E-state index contributed by atoms with van der Waals surface area (Å²) < 4.78 is 5.08. The molecule has 0 saturated heterocycles. The van der Waals surface area contributed by atoms with Gasteiger partial charge in [0.15, 0.2) is 0 Å². The van der Waals surface area contributed by atoms with Crippen LogP contribution in [-0.4, -0.2) is 43.2 Å². The van der Waals surface area contributed by atoms with Crippen LogP contribution in [0.3, 0.4) is 0 Å². The molecular weight excluding hydrogens is 214 g/mol. The third kappa shape index (κ3) is 5.47. The summed E-state index contributed by atoms with van der Waals surface area (Å²) in [7, 11) is 1.72. The van der Waals surface area contributed by atoms with Gasteiger partial charge in [0, 0.05) is 38.9 Å². The lowest BCUT2D eigenvalue weighted by molar-refractivity contribution is 0.155. The minimum Gasteiger partial charge on any atom is -0.397 e. The van der Waals surface area contributed by atoms with Crippen molar-refractivity contribution in [3.63, 3.8) is 0 Å². The van der Waals surface area contributed by atoms with Crippen LogP contribution >= 0.6 is 0 Å². The van der Waals surface area contributed by atoms with Crippen molar-refractivity contribution in [3.05, 3.63) is 36.7 Å². The number of nitrogens with two attached hydrogens (primary N) is 1. The van der Waals surface area contributed by atoms with Crippen LogP contribution in [0.2, 0.25) is 0 Å². The summed E-state index contributed by atoms with van der Waals surface area (Å²) in [5, 5.41) is 0. The molecule has 0 fully saturated rings. The SMILES string of the molecule is C=CCN(CCOC)CCc1ccc(N)cn1. The van der Waals surface area contributed by atoms with Crippen molar-refractivity contribution in [3.8, 4) is 0 Å². The summed E-state index contributed by atoms with van der Waals surface area (Å²) in [6.45, 7) is 7.24. The van der Waals surface area contributed by atoms with Gasteiger partial charge in [0.25, 0.3) is 0 Å². The number of hydrogen-bond acceptors (Lipinski definition) is 4. The van der Waals surface area contributed by atoms with E-state index in [-0.39, 0.29) is 0 Å². The Morgan fingerprint density at radius 1 is 1.47 bits per heavy atom. The van der Waals surface area contributed by atoms with Gasteiger partial charge in [-0.05, 0) is 12.1 Å². The zero-order chi connectivity index (χ0) is 12.5. The van der Waals surface area contributed by atoms with Gasteiger partial charge >= 0.3 is 0 Å². The van der Waals surface area contributed by atoms with Gasteiger partial charge in [0.2, 0.25) is 0 Å². The Bertz CT molecular complexity index is 324. The first-order chi connectivity index (χ1) is 8.26. The van der Waals surface area contributed by atoms with Crippen LogP contribution in [0.4, 0.5) is 5.69 Å². The molecule has 0 aliphatic carbocycles. The van der Waals surface area contributed by atoms with Crippen molar-refractivity contribution in [1.82, 2.24) is 9.88 Å². The Morgan fingerprint density at radius 2 is 2.29 bits per heavy atom. The summed E-state index contributed by atoms with van der Waals surface area (Å²) in [5.74, 6) is 0. The predicted molar refractivity (Wildman–Crippen MR) is 70.9 cm³/mol. The first-order valence-electron chi connectivity index (χ1n) is 5.79. The molecule has 0 spiro atoms. The minimum atomic E-state index is 0.705. The van der Waals surface area contributed by atoms with Crippen LogP contribution in [-0.2, 0) is 11.2 Å². The van der Waals surface area contributed by atoms with E-state index in [1.54, 1.807) is 13.3 Å². The summed E-state index contributed by atoms with van der Waals surface area (Å²) in [4.78, 5) is 6.57. The highest BCUT2D eigenvalue weighted by molar-refractivity contribution is 5.34. The van der Waals surface area contributed by atoms with Gasteiger partial charge in [0.05, 0.1) is 18.5 Å².